The number of halogens is 1. The number of carbonyl (C=O) groups is 2. The largest absolute Gasteiger partial charge is 0.338 e. The molecule has 0 bridgehead atoms. The summed E-state index contributed by atoms with van der Waals surface area (Å²) in [6.45, 7) is 2.23. The van der Waals surface area contributed by atoms with Gasteiger partial charge in [-0.05, 0) is 42.0 Å². The lowest BCUT2D eigenvalue weighted by atomic mass is 10.0. The molecule has 0 saturated carbocycles. The Morgan fingerprint density at radius 3 is 2.50 bits per heavy atom. The van der Waals surface area contributed by atoms with Gasteiger partial charge >= 0.3 is 6.03 Å². The van der Waals surface area contributed by atoms with Gasteiger partial charge in [0.2, 0.25) is 5.91 Å². The van der Waals surface area contributed by atoms with E-state index < -0.39 is 0 Å². The number of hydrogen-bond donors (Lipinski definition) is 2. The Balaban J connectivity index is 1.40. The molecule has 3 amide bonds. The fourth-order valence-corrected chi connectivity index (χ4v) is 3.35. The standard InChI is InChI=1S/C22H26FN3O2/c23-20-9-6-17(7-10-20)14-24-22(28)25-15-18-8-11-21(27)26(13-12-18)16-19-4-2-1-3-5-19/h1-7,9-10,18H,8,11-16H2,(H2,24,25,28). The van der Waals surface area contributed by atoms with Crippen LogP contribution in [0.2, 0.25) is 0 Å². The zero-order valence-corrected chi connectivity index (χ0v) is 15.9. The number of hydrogen-bond acceptors (Lipinski definition) is 2. The van der Waals surface area contributed by atoms with Crippen molar-refractivity contribution in [2.45, 2.75) is 32.4 Å². The Morgan fingerprint density at radius 2 is 1.75 bits per heavy atom. The van der Waals surface area contributed by atoms with Crippen molar-refractivity contribution >= 4 is 11.9 Å². The van der Waals surface area contributed by atoms with E-state index in [1.165, 1.54) is 12.1 Å². The van der Waals surface area contributed by atoms with Crippen molar-refractivity contribution in [3.63, 3.8) is 0 Å². The molecule has 1 heterocycles. The lowest BCUT2D eigenvalue weighted by Gasteiger charge is -2.21. The van der Waals surface area contributed by atoms with Crippen molar-refractivity contribution in [1.82, 2.24) is 15.5 Å². The predicted octanol–water partition coefficient (Wildman–Crippen LogP) is 3.45. The summed E-state index contributed by atoms with van der Waals surface area (Å²) in [5.41, 5.74) is 1.97. The molecule has 2 aromatic carbocycles. The fourth-order valence-electron chi connectivity index (χ4n) is 3.35. The van der Waals surface area contributed by atoms with Crippen LogP contribution in [0.25, 0.3) is 0 Å². The lowest BCUT2D eigenvalue weighted by Crippen LogP contribution is -2.38. The first-order valence-corrected chi connectivity index (χ1v) is 9.68. The Hall–Kier alpha value is -2.89. The highest BCUT2D eigenvalue weighted by Gasteiger charge is 2.22. The van der Waals surface area contributed by atoms with Gasteiger partial charge in [-0.2, -0.15) is 0 Å². The van der Waals surface area contributed by atoms with E-state index in [1.807, 2.05) is 35.2 Å². The van der Waals surface area contributed by atoms with Crippen LogP contribution in [0.4, 0.5) is 9.18 Å². The van der Waals surface area contributed by atoms with Crippen molar-refractivity contribution in [2.24, 2.45) is 5.92 Å². The van der Waals surface area contributed by atoms with E-state index in [9.17, 15) is 14.0 Å². The first-order chi connectivity index (χ1) is 13.6. The van der Waals surface area contributed by atoms with Gasteiger partial charge in [0, 0.05) is 32.6 Å². The Kier molecular flexibility index (Phi) is 7.00. The molecule has 28 heavy (non-hydrogen) atoms. The highest BCUT2D eigenvalue weighted by molar-refractivity contribution is 5.76. The molecule has 1 aliphatic rings. The molecule has 5 nitrogen and oxygen atoms in total. The third-order valence-corrected chi connectivity index (χ3v) is 5.06. The molecule has 1 unspecified atom stereocenters. The van der Waals surface area contributed by atoms with E-state index in [0.29, 0.717) is 32.6 Å². The molecule has 1 fully saturated rings. The molecule has 0 radical (unpaired) electrons. The molecule has 0 aliphatic carbocycles. The maximum atomic E-state index is 12.9. The molecular weight excluding hydrogens is 357 g/mol. The number of rotatable bonds is 6. The third kappa shape index (κ3) is 6.08. The highest BCUT2D eigenvalue weighted by Crippen LogP contribution is 2.19. The van der Waals surface area contributed by atoms with Crippen LogP contribution in [0.15, 0.2) is 54.6 Å². The van der Waals surface area contributed by atoms with E-state index >= 15 is 0 Å². The second-order valence-electron chi connectivity index (χ2n) is 7.18. The van der Waals surface area contributed by atoms with Gasteiger partial charge < -0.3 is 15.5 Å². The topological polar surface area (TPSA) is 61.4 Å². The monoisotopic (exact) mass is 383 g/mol. The number of carbonyl (C=O) groups excluding carboxylic acids is 2. The number of likely N-dealkylation sites (tertiary alicyclic amines) is 1. The molecular formula is C22H26FN3O2. The summed E-state index contributed by atoms with van der Waals surface area (Å²) in [5.74, 6) is 0.158. The van der Waals surface area contributed by atoms with Gasteiger partial charge in [0.1, 0.15) is 5.82 Å². The Morgan fingerprint density at radius 1 is 1.00 bits per heavy atom. The number of urea groups is 1. The maximum absolute atomic E-state index is 12.9. The van der Waals surface area contributed by atoms with E-state index in [4.69, 9.17) is 0 Å². The number of nitrogens with zero attached hydrogens (tertiary/aromatic N) is 1. The molecule has 0 aromatic heterocycles. The summed E-state index contributed by atoms with van der Waals surface area (Å²) in [5, 5.41) is 5.66. The molecule has 2 aromatic rings. The van der Waals surface area contributed by atoms with Crippen LogP contribution in [0.3, 0.4) is 0 Å². The molecule has 1 aliphatic heterocycles. The average molecular weight is 383 g/mol. The second-order valence-corrected chi connectivity index (χ2v) is 7.18. The molecule has 3 rings (SSSR count). The molecule has 1 saturated heterocycles. The number of benzene rings is 2. The van der Waals surface area contributed by atoms with Crippen LogP contribution in [-0.2, 0) is 17.9 Å². The Labute approximate surface area is 164 Å². The zero-order chi connectivity index (χ0) is 19.8. The normalized spacial score (nSPS) is 17.1. The zero-order valence-electron chi connectivity index (χ0n) is 15.9. The highest BCUT2D eigenvalue weighted by atomic mass is 19.1. The van der Waals surface area contributed by atoms with E-state index in [2.05, 4.69) is 10.6 Å². The van der Waals surface area contributed by atoms with Gasteiger partial charge in [-0.1, -0.05) is 42.5 Å². The second kappa shape index (κ2) is 9.88. The van der Waals surface area contributed by atoms with Crippen LogP contribution < -0.4 is 10.6 Å². The van der Waals surface area contributed by atoms with Crippen LogP contribution in [0.1, 0.15) is 30.4 Å². The van der Waals surface area contributed by atoms with Crippen molar-refractivity contribution in [3.05, 3.63) is 71.5 Å². The predicted molar refractivity (Wildman–Crippen MR) is 106 cm³/mol. The van der Waals surface area contributed by atoms with E-state index in [1.54, 1.807) is 12.1 Å². The van der Waals surface area contributed by atoms with Gasteiger partial charge in [0.05, 0.1) is 0 Å². The summed E-state index contributed by atoms with van der Waals surface area (Å²) in [6, 6.07) is 15.8. The molecule has 2 N–H and O–H groups in total. The van der Waals surface area contributed by atoms with Crippen LogP contribution in [-0.4, -0.2) is 29.9 Å². The quantitative estimate of drug-likeness (QED) is 0.803. The minimum absolute atomic E-state index is 0.173. The Bertz CT molecular complexity index is 780. The first-order valence-electron chi connectivity index (χ1n) is 9.68. The van der Waals surface area contributed by atoms with Crippen LogP contribution >= 0.6 is 0 Å². The summed E-state index contributed by atoms with van der Waals surface area (Å²) in [6.07, 6.45) is 2.16. The fraction of sp³-hybridized carbons (Fsp3) is 0.364. The van der Waals surface area contributed by atoms with E-state index in [-0.39, 0.29) is 23.7 Å². The van der Waals surface area contributed by atoms with Crippen molar-refractivity contribution in [2.75, 3.05) is 13.1 Å². The molecule has 1 atom stereocenters. The van der Waals surface area contributed by atoms with Crippen molar-refractivity contribution in [1.29, 1.82) is 0 Å². The lowest BCUT2D eigenvalue weighted by molar-refractivity contribution is -0.131. The first kappa shape index (κ1) is 19.9. The average Bonchev–Trinajstić information content (AvgIpc) is 2.88. The summed E-state index contributed by atoms with van der Waals surface area (Å²) >= 11 is 0. The van der Waals surface area contributed by atoms with Crippen LogP contribution in [0.5, 0.6) is 0 Å². The molecule has 0 spiro atoms. The van der Waals surface area contributed by atoms with E-state index in [0.717, 1.165) is 24.0 Å². The smallest absolute Gasteiger partial charge is 0.315 e. The van der Waals surface area contributed by atoms with Gasteiger partial charge in [0.25, 0.3) is 0 Å². The van der Waals surface area contributed by atoms with Gasteiger partial charge in [-0.15, -0.1) is 0 Å². The summed E-state index contributed by atoms with van der Waals surface area (Å²) in [4.78, 5) is 26.3. The number of amides is 3. The van der Waals surface area contributed by atoms with Gasteiger partial charge in [-0.25, -0.2) is 9.18 Å². The maximum Gasteiger partial charge on any atom is 0.315 e. The molecule has 148 valence electrons. The van der Waals surface area contributed by atoms with Crippen LogP contribution in [0, 0.1) is 11.7 Å². The minimum atomic E-state index is -0.294. The molecule has 6 heteroatoms. The van der Waals surface area contributed by atoms with Gasteiger partial charge in [0.15, 0.2) is 0 Å². The third-order valence-electron chi connectivity index (χ3n) is 5.06. The van der Waals surface area contributed by atoms with Crippen molar-refractivity contribution in [3.8, 4) is 0 Å². The van der Waals surface area contributed by atoms with Gasteiger partial charge in [-0.3, -0.25) is 4.79 Å². The summed E-state index contributed by atoms with van der Waals surface area (Å²) < 4.78 is 12.9. The van der Waals surface area contributed by atoms with Crippen molar-refractivity contribution < 1.29 is 14.0 Å². The number of nitrogens with one attached hydrogen (secondary N) is 2. The SMILES string of the molecule is O=C(NCc1ccc(F)cc1)NCC1CCC(=O)N(Cc2ccccc2)CC1. The summed E-state index contributed by atoms with van der Waals surface area (Å²) in [7, 11) is 0. The minimum Gasteiger partial charge on any atom is -0.338 e.